The molecule has 0 bridgehead atoms. The third-order valence-electron chi connectivity index (χ3n) is 5.75. The van der Waals surface area contributed by atoms with Crippen molar-refractivity contribution in [3.05, 3.63) is 72.2 Å². The number of amides is 1. The summed E-state index contributed by atoms with van der Waals surface area (Å²) < 4.78 is 5.67. The summed E-state index contributed by atoms with van der Waals surface area (Å²) in [4.78, 5) is 19.8. The topological polar surface area (TPSA) is 71.3 Å². The van der Waals surface area contributed by atoms with Gasteiger partial charge in [0.15, 0.2) is 0 Å². The molecule has 1 aromatic carbocycles. The van der Waals surface area contributed by atoms with E-state index in [1.54, 1.807) is 6.20 Å². The average Bonchev–Trinajstić information content (AvgIpc) is 3.24. The Kier molecular flexibility index (Phi) is 6.23. The second kappa shape index (κ2) is 9.22. The number of rotatable bonds is 7. The molecule has 30 heavy (non-hydrogen) atoms. The second-order valence-electron chi connectivity index (χ2n) is 8.04. The highest BCUT2D eigenvalue weighted by molar-refractivity contribution is 5.83. The Morgan fingerprint density at radius 1 is 1.23 bits per heavy atom. The summed E-state index contributed by atoms with van der Waals surface area (Å²) in [6.07, 6.45) is 6.03. The smallest absolute Gasteiger partial charge is 0.227 e. The fourth-order valence-electron chi connectivity index (χ4n) is 4.34. The van der Waals surface area contributed by atoms with Crippen molar-refractivity contribution >= 4 is 5.91 Å². The first-order chi connectivity index (χ1) is 14.7. The number of nitrogens with one attached hydrogen (secondary N) is 1. The number of hydrogen-bond acceptors (Lipinski definition) is 5. The molecule has 1 saturated heterocycles. The first kappa shape index (κ1) is 20.3. The monoisotopic (exact) mass is 404 g/mol. The summed E-state index contributed by atoms with van der Waals surface area (Å²) in [5, 5.41) is 7.31. The van der Waals surface area contributed by atoms with E-state index in [-0.39, 0.29) is 5.91 Å². The van der Waals surface area contributed by atoms with E-state index in [0.717, 1.165) is 48.5 Å². The molecule has 4 rings (SSSR count). The normalized spacial score (nSPS) is 19.5. The highest BCUT2D eigenvalue weighted by Gasteiger charge is 2.43. The average molecular weight is 405 g/mol. The van der Waals surface area contributed by atoms with Gasteiger partial charge in [0.05, 0.1) is 5.41 Å². The van der Waals surface area contributed by atoms with Crippen LogP contribution in [0.4, 0.5) is 0 Å². The largest absolute Gasteiger partial charge is 0.361 e. The Morgan fingerprint density at radius 3 is 2.87 bits per heavy atom. The number of hydrogen-bond donors (Lipinski definition) is 1. The van der Waals surface area contributed by atoms with Crippen molar-refractivity contribution in [1.29, 1.82) is 0 Å². The van der Waals surface area contributed by atoms with E-state index < -0.39 is 5.41 Å². The Morgan fingerprint density at radius 2 is 2.10 bits per heavy atom. The minimum Gasteiger partial charge on any atom is -0.361 e. The molecule has 3 aromatic rings. The molecule has 1 aliphatic rings. The summed E-state index contributed by atoms with van der Waals surface area (Å²) in [7, 11) is 0. The molecular formula is C24H28N4O2. The summed E-state index contributed by atoms with van der Waals surface area (Å²) >= 11 is 0. The summed E-state index contributed by atoms with van der Waals surface area (Å²) in [5.41, 5.74) is 2.46. The van der Waals surface area contributed by atoms with Gasteiger partial charge in [-0.1, -0.05) is 41.6 Å². The Hall–Kier alpha value is -2.99. The first-order valence-electron chi connectivity index (χ1n) is 10.6. The zero-order valence-electron chi connectivity index (χ0n) is 17.4. The number of piperidine rings is 1. The van der Waals surface area contributed by atoms with E-state index in [2.05, 4.69) is 26.4 Å². The third-order valence-corrected chi connectivity index (χ3v) is 5.75. The zero-order chi connectivity index (χ0) is 20.8. The predicted molar refractivity (Wildman–Crippen MR) is 116 cm³/mol. The fourth-order valence-corrected chi connectivity index (χ4v) is 4.34. The molecule has 1 atom stereocenters. The molecule has 6 nitrogen and oxygen atoms in total. The Labute approximate surface area is 177 Å². The highest BCUT2D eigenvalue weighted by atomic mass is 16.5. The molecule has 0 saturated carbocycles. The molecule has 3 heterocycles. The van der Waals surface area contributed by atoms with Crippen molar-refractivity contribution in [2.75, 3.05) is 19.6 Å². The molecule has 0 radical (unpaired) electrons. The summed E-state index contributed by atoms with van der Waals surface area (Å²) in [6.45, 7) is 5.04. The number of likely N-dealkylation sites (tertiary alicyclic amines) is 1. The molecule has 1 aliphatic heterocycles. The van der Waals surface area contributed by atoms with E-state index in [1.807, 2.05) is 55.6 Å². The SMILES string of the molecule is CCNC(=O)[C@]1(Cc2cc(-c3ccccc3)no2)CCCN(Cc2cccnc2)C1. The van der Waals surface area contributed by atoms with Gasteiger partial charge in [-0.15, -0.1) is 0 Å². The Bertz CT molecular complexity index is 958. The van der Waals surface area contributed by atoms with Crippen LogP contribution in [0.15, 0.2) is 65.4 Å². The van der Waals surface area contributed by atoms with Crippen LogP contribution in [0.2, 0.25) is 0 Å². The van der Waals surface area contributed by atoms with Crippen molar-refractivity contribution < 1.29 is 9.32 Å². The summed E-state index contributed by atoms with van der Waals surface area (Å²) in [5.74, 6) is 0.849. The molecule has 156 valence electrons. The lowest BCUT2D eigenvalue weighted by Gasteiger charge is -2.41. The lowest BCUT2D eigenvalue weighted by atomic mass is 9.75. The quantitative estimate of drug-likeness (QED) is 0.650. The van der Waals surface area contributed by atoms with Crippen molar-refractivity contribution in [2.45, 2.75) is 32.7 Å². The van der Waals surface area contributed by atoms with E-state index >= 15 is 0 Å². The first-order valence-corrected chi connectivity index (χ1v) is 10.6. The lowest BCUT2D eigenvalue weighted by molar-refractivity contribution is -0.134. The standard InChI is InChI=1S/C24H28N4O2/c1-2-26-23(29)24(11-7-13-28(18-24)17-19-8-6-12-25-16-19)15-21-14-22(27-30-21)20-9-4-3-5-10-20/h3-6,8-10,12,14,16H,2,7,11,13,15,17-18H2,1H3,(H,26,29)/t24-/m0/s1. The van der Waals surface area contributed by atoms with Crippen LogP contribution >= 0.6 is 0 Å². The number of carbonyl (C=O) groups excluding carboxylic acids is 1. The van der Waals surface area contributed by atoms with Gasteiger partial charge in [-0.05, 0) is 37.9 Å². The van der Waals surface area contributed by atoms with Crippen LogP contribution in [0.5, 0.6) is 0 Å². The van der Waals surface area contributed by atoms with E-state index in [4.69, 9.17) is 4.52 Å². The minimum absolute atomic E-state index is 0.0959. The molecule has 1 N–H and O–H groups in total. The van der Waals surface area contributed by atoms with Crippen LogP contribution in [-0.4, -0.2) is 40.6 Å². The molecule has 0 unspecified atom stereocenters. The molecule has 2 aromatic heterocycles. The van der Waals surface area contributed by atoms with E-state index in [0.29, 0.717) is 19.5 Å². The molecule has 0 spiro atoms. The zero-order valence-corrected chi connectivity index (χ0v) is 17.4. The predicted octanol–water partition coefficient (Wildman–Crippen LogP) is 3.70. The van der Waals surface area contributed by atoms with Gasteiger partial charge < -0.3 is 9.84 Å². The Balaban J connectivity index is 1.55. The van der Waals surface area contributed by atoms with Gasteiger partial charge >= 0.3 is 0 Å². The van der Waals surface area contributed by atoms with Crippen LogP contribution in [0, 0.1) is 5.41 Å². The second-order valence-corrected chi connectivity index (χ2v) is 8.04. The van der Waals surface area contributed by atoms with Crippen LogP contribution in [0.1, 0.15) is 31.1 Å². The highest BCUT2D eigenvalue weighted by Crippen LogP contribution is 2.35. The van der Waals surface area contributed by atoms with Gasteiger partial charge in [0.2, 0.25) is 5.91 Å². The summed E-state index contributed by atoms with van der Waals surface area (Å²) in [6, 6.07) is 16.0. The van der Waals surface area contributed by atoms with Gasteiger partial charge in [-0.25, -0.2) is 0 Å². The number of benzene rings is 1. The van der Waals surface area contributed by atoms with Crippen molar-refractivity contribution in [3.63, 3.8) is 0 Å². The lowest BCUT2D eigenvalue weighted by Crippen LogP contribution is -2.52. The number of carbonyl (C=O) groups is 1. The van der Waals surface area contributed by atoms with Gasteiger partial charge in [0.25, 0.3) is 0 Å². The molecule has 1 fully saturated rings. The van der Waals surface area contributed by atoms with E-state index in [9.17, 15) is 4.79 Å². The maximum Gasteiger partial charge on any atom is 0.227 e. The fraction of sp³-hybridized carbons (Fsp3) is 0.375. The van der Waals surface area contributed by atoms with Crippen LogP contribution in [-0.2, 0) is 17.8 Å². The van der Waals surface area contributed by atoms with Gasteiger partial charge in [-0.2, -0.15) is 0 Å². The van der Waals surface area contributed by atoms with Crippen LogP contribution in [0.3, 0.4) is 0 Å². The maximum absolute atomic E-state index is 13.2. The third kappa shape index (κ3) is 4.60. The van der Waals surface area contributed by atoms with Crippen molar-refractivity contribution in [1.82, 2.24) is 20.4 Å². The number of aromatic nitrogens is 2. The molecule has 1 amide bonds. The van der Waals surface area contributed by atoms with Crippen molar-refractivity contribution in [3.8, 4) is 11.3 Å². The number of nitrogens with zero attached hydrogens (tertiary/aromatic N) is 3. The molecule has 6 heteroatoms. The van der Waals surface area contributed by atoms with Gasteiger partial charge in [-0.3, -0.25) is 14.7 Å². The minimum atomic E-state index is -0.524. The van der Waals surface area contributed by atoms with Crippen molar-refractivity contribution in [2.24, 2.45) is 5.41 Å². The molecular weight excluding hydrogens is 376 g/mol. The van der Waals surface area contributed by atoms with Gasteiger partial charge in [0.1, 0.15) is 11.5 Å². The van der Waals surface area contributed by atoms with E-state index in [1.165, 1.54) is 0 Å². The maximum atomic E-state index is 13.2. The number of pyridine rings is 1. The van der Waals surface area contributed by atoms with Crippen LogP contribution in [0.25, 0.3) is 11.3 Å². The molecule has 0 aliphatic carbocycles. The van der Waals surface area contributed by atoms with Gasteiger partial charge in [0, 0.05) is 50.1 Å². The van der Waals surface area contributed by atoms with Crippen LogP contribution < -0.4 is 5.32 Å².